The molecular weight excluding hydrogens is 386 g/mol. The highest BCUT2D eigenvalue weighted by Gasteiger charge is 2.18. The van der Waals surface area contributed by atoms with Gasteiger partial charge in [-0.3, -0.25) is 9.52 Å². The molecule has 0 aliphatic rings. The molecule has 0 bridgehead atoms. The number of aromatic nitrogens is 1. The van der Waals surface area contributed by atoms with Crippen molar-refractivity contribution in [2.24, 2.45) is 0 Å². The molecule has 0 atom stereocenters. The molecule has 2 aromatic carbocycles. The average Bonchev–Trinajstić information content (AvgIpc) is 2.96. The minimum absolute atomic E-state index is 0.147. The van der Waals surface area contributed by atoms with E-state index in [2.05, 4.69) is 15.0 Å². The third-order valence-electron chi connectivity index (χ3n) is 3.38. The highest BCUT2D eigenvalue weighted by molar-refractivity contribution is 7.92. The van der Waals surface area contributed by atoms with E-state index in [0.29, 0.717) is 27.8 Å². The first-order valence-electron chi connectivity index (χ1n) is 7.90. The van der Waals surface area contributed by atoms with Gasteiger partial charge in [-0.05, 0) is 31.2 Å². The van der Waals surface area contributed by atoms with Gasteiger partial charge < -0.3 is 10.1 Å². The lowest BCUT2D eigenvalue weighted by Gasteiger charge is -2.11. The molecule has 3 rings (SSSR count). The molecule has 0 unspecified atom stereocenters. The maximum Gasteiger partial charge on any atom is 0.267 e. The fourth-order valence-electron chi connectivity index (χ4n) is 2.26. The monoisotopic (exact) mass is 403 g/mol. The van der Waals surface area contributed by atoms with Gasteiger partial charge >= 0.3 is 0 Å². The summed E-state index contributed by atoms with van der Waals surface area (Å²) >= 11 is 0.969. The number of sulfonamides is 1. The molecule has 3 aromatic rings. The van der Waals surface area contributed by atoms with E-state index >= 15 is 0 Å². The third kappa shape index (κ3) is 5.05. The highest BCUT2D eigenvalue weighted by atomic mass is 32.2. The number of ether oxygens (including phenoxy) is 1. The molecule has 0 aliphatic heterocycles. The minimum atomic E-state index is -3.46. The lowest BCUT2D eigenvalue weighted by molar-refractivity contribution is 0.102. The van der Waals surface area contributed by atoms with Crippen molar-refractivity contribution in [3.8, 4) is 11.5 Å². The van der Waals surface area contributed by atoms with Gasteiger partial charge in [-0.25, -0.2) is 13.4 Å². The molecule has 0 saturated carbocycles. The van der Waals surface area contributed by atoms with Gasteiger partial charge in [0, 0.05) is 0 Å². The summed E-state index contributed by atoms with van der Waals surface area (Å²) in [5, 5.41) is 2.94. The number of nitrogens with zero attached hydrogens (tertiary/aromatic N) is 1. The van der Waals surface area contributed by atoms with Crippen LogP contribution < -0.4 is 14.8 Å². The average molecular weight is 403 g/mol. The largest absolute Gasteiger partial charge is 0.455 e. The zero-order valence-corrected chi connectivity index (χ0v) is 16.2. The summed E-state index contributed by atoms with van der Waals surface area (Å²) in [4.78, 5) is 17.0. The van der Waals surface area contributed by atoms with Crippen LogP contribution in [-0.4, -0.2) is 25.6 Å². The Balaban J connectivity index is 1.81. The molecule has 0 aliphatic carbocycles. The summed E-state index contributed by atoms with van der Waals surface area (Å²) in [6, 6.07) is 16.3. The zero-order valence-electron chi connectivity index (χ0n) is 14.6. The normalized spacial score (nSPS) is 11.0. The van der Waals surface area contributed by atoms with Crippen LogP contribution in [0.5, 0.6) is 11.5 Å². The van der Waals surface area contributed by atoms with E-state index in [-0.39, 0.29) is 5.13 Å². The minimum Gasteiger partial charge on any atom is -0.455 e. The molecule has 140 valence electrons. The topological polar surface area (TPSA) is 97.4 Å². The molecule has 0 spiro atoms. The Morgan fingerprint density at radius 1 is 1.07 bits per heavy atom. The number of hydrogen-bond acceptors (Lipinski definition) is 6. The summed E-state index contributed by atoms with van der Waals surface area (Å²) in [7, 11) is -3.46. The zero-order chi connectivity index (χ0) is 19.4. The van der Waals surface area contributed by atoms with E-state index in [1.165, 1.54) is 0 Å². The third-order valence-corrected chi connectivity index (χ3v) is 5.15. The number of benzene rings is 2. The fourth-order valence-corrected chi connectivity index (χ4v) is 3.96. The van der Waals surface area contributed by atoms with Crippen molar-refractivity contribution in [2.45, 2.75) is 6.92 Å². The van der Waals surface area contributed by atoms with Crippen molar-refractivity contribution < 1.29 is 17.9 Å². The first-order valence-corrected chi connectivity index (χ1v) is 10.6. The molecule has 0 fully saturated rings. The van der Waals surface area contributed by atoms with E-state index in [4.69, 9.17) is 4.74 Å². The molecule has 1 amide bonds. The quantitative estimate of drug-likeness (QED) is 0.651. The van der Waals surface area contributed by atoms with Crippen molar-refractivity contribution in [3.63, 3.8) is 0 Å². The summed E-state index contributed by atoms with van der Waals surface area (Å²) < 4.78 is 30.8. The summed E-state index contributed by atoms with van der Waals surface area (Å²) in [6.45, 7) is 1.64. The molecule has 0 saturated heterocycles. The molecule has 7 nitrogen and oxygen atoms in total. The fraction of sp³-hybridized carbons (Fsp3) is 0.111. The summed E-state index contributed by atoms with van der Waals surface area (Å²) in [6.07, 6.45) is 1.03. The SMILES string of the molecule is Cc1nc(NS(C)(=O)=O)sc1C(=O)Nc1ccccc1Oc1ccccc1. The lowest BCUT2D eigenvalue weighted by atomic mass is 10.2. The number of rotatable bonds is 6. The van der Waals surface area contributed by atoms with Crippen LogP contribution in [0, 0.1) is 6.92 Å². The Morgan fingerprint density at radius 3 is 2.44 bits per heavy atom. The molecule has 2 N–H and O–H groups in total. The Bertz CT molecular complexity index is 1060. The number of thiazole rings is 1. The number of hydrogen-bond donors (Lipinski definition) is 2. The highest BCUT2D eigenvalue weighted by Crippen LogP contribution is 2.31. The van der Waals surface area contributed by atoms with E-state index in [9.17, 15) is 13.2 Å². The van der Waals surface area contributed by atoms with Crippen molar-refractivity contribution in [1.29, 1.82) is 0 Å². The summed E-state index contributed by atoms with van der Waals surface area (Å²) in [5.41, 5.74) is 0.932. The Labute approximate surface area is 161 Å². The van der Waals surface area contributed by atoms with Crippen LogP contribution in [0.4, 0.5) is 10.8 Å². The standard InChI is InChI=1S/C18H17N3O4S2/c1-12-16(26-18(19-12)21-27(2,23)24)17(22)20-14-10-6-7-11-15(14)25-13-8-4-3-5-9-13/h3-11H,1-2H3,(H,19,21)(H,20,22). The van der Waals surface area contributed by atoms with Crippen LogP contribution >= 0.6 is 11.3 Å². The summed E-state index contributed by atoms with van der Waals surface area (Å²) in [5.74, 6) is 0.747. The number of carbonyl (C=O) groups excluding carboxylic acids is 1. The predicted molar refractivity (Wildman–Crippen MR) is 106 cm³/mol. The van der Waals surface area contributed by atoms with Crippen LogP contribution in [-0.2, 0) is 10.0 Å². The second-order valence-corrected chi connectivity index (χ2v) is 8.42. The van der Waals surface area contributed by atoms with Gasteiger partial charge in [0.2, 0.25) is 10.0 Å². The molecule has 1 aromatic heterocycles. The Kier molecular flexibility index (Phi) is 5.43. The van der Waals surface area contributed by atoms with Crippen LogP contribution in [0.1, 0.15) is 15.4 Å². The van der Waals surface area contributed by atoms with Crippen LogP contribution in [0.15, 0.2) is 54.6 Å². The van der Waals surface area contributed by atoms with Crippen molar-refractivity contribution in [2.75, 3.05) is 16.3 Å². The number of amides is 1. The van der Waals surface area contributed by atoms with Gasteiger partial charge in [0.25, 0.3) is 5.91 Å². The number of carbonyl (C=O) groups is 1. The van der Waals surface area contributed by atoms with Gasteiger partial charge in [0.1, 0.15) is 10.6 Å². The number of nitrogens with one attached hydrogen (secondary N) is 2. The van der Waals surface area contributed by atoms with Gasteiger partial charge in [-0.1, -0.05) is 41.7 Å². The predicted octanol–water partition coefficient (Wildman–Crippen LogP) is 3.87. The number of para-hydroxylation sites is 3. The van der Waals surface area contributed by atoms with Crippen molar-refractivity contribution in [3.05, 3.63) is 65.2 Å². The molecule has 9 heteroatoms. The first-order chi connectivity index (χ1) is 12.8. The maximum absolute atomic E-state index is 12.6. The molecular formula is C18H17N3O4S2. The molecule has 0 radical (unpaired) electrons. The smallest absolute Gasteiger partial charge is 0.267 e. The van der Waals surface area contributed by atoms with Crippen LogP contribution in [0.25, 0.3) is 0 Å². The van der Waals surface area contributed by atoms with Crippen LogP contribution in [0.3, 0.4) is 0 Å². The van der Waals surface area contributed by atoms with E-state index in [0.717, 1.165) is 17.6 Å². The Morgan fingerprint density at radius 2 is 1.74 bits per heavy atom. The van der Waals surface area contributed by atoms with Crippen molar-refractivity contribution >= 4 is 38.1 Å². The maximum atomic E-state index is 12.6. The van der Waals surface area contributed by atoms with Gasteiger partial charge in [0.15, 0.2) is 10.9 Å². The Hall–Kier alpha value is -2.91. The van der Waals surface area contributed by atoms with Gasteiger partial charge in [0.05, 0.1) is 17.6 Å². The molecule has 27 heavy (non-hydrogen) atoms. The lowest BCUT2D eigenvalue weighted by Crippen LogP contribution is -2.12. The van der Waals surface area contributed by atoms with Crippen LogP contribution in [0.2, 0.25) is 0 Å². The van der Waals surface area contributed by atoms with E-state index < -0.39 is 15.9 Å². The second kappa shape index (κ2) is 7.77. The second-order valence-electron chi connectivity index (χ2n) is 5.67. The number of aryl methyl sites for hydroxylation is 1. The first kappa shape index (κ1) is 18.9. The van der Waals surface area contributed by atoms with E-state index in [1.807, 2.05) is 30.3 Å². The molecule has 1 heterocycles. The van der Waals surface area contributed by atoms with E-state index in [1.54, 1.807) is 31.2 Å². The van der Waals surface area contributed by atoms with Crippen molar-refractivity contribution in [1.82, 2.24) is 4.98 Å². The van der Waals surface area contributed by atoms with Gasteiger partial charge in [-0.15, -0.1) is 0 Å². The van der Waals surface area contributed by atoms with Gasteiger partial charge in [-0.2, -0.15) is 0 Å². The number of anilines is 2.